The lowest BCUT2D eigenvalue weighted by Gasteiger charge is -2.31. The van der Waals surface area contributed by atoms with Gasteiger partial charge in [-0.15, -0.1) is 0 Å². The van der Waals surface area contributed by atoms with E-state index in [1.54, 1.807) is 19.2 Å². The molecule has 0 aromatic heterocycles. The lowest BCUT2D eigenvalue weighted by molar-refractivity contribution is -0.159. The van der Waals surface area contributed by atoms with Gasteiger partial charge in [0, 0.05) is 6.54 Å². The number of rotatable bonds is 4. The maximum absolute atomic E-state index is 12.1. The van der Waals surface area contributed by atoms with Crippen molar-refractivity contribution in [3.05, 3.63) is 29.8 Å². The Balaban J connectivity index is 1.95. The van der Waals surface area contributed by atoms with Crippen molar-refractivity contribution in [1.82, 2.24) is 4.90 Å². The first-order chi connectivity index (χ1) is 9.60. The normalized spacial score (nSPS) is 18.6. The largest absolute Gasteiger partial charge is 0.497 e. The zero-order chi connectivity index (χ0) is 14.5. The molecule has 1 aromatic rings. The second-order valence-electron chi connectivity index (χ2n) is 4.56. The van der Waals surface area contributed by atoms with E-state index in [1.165, 1.54) is 4.90 Å². The Morgan fingerprint density at radius 2 is 2.10 bits per heavy atom. The molecule has 1 aliphatic heterocycles. The van der Waals surface area contributed by atoms with E-state index in [1.807, 2.05) is 12.1 Å². The SMILES string of the molecule is COc1ccc(CC(=O)N2CCO[C@H](C(=O)O)C2)cc1. The second-order valence-corrected chi connectivity index (χ2v) is 4.56. The van der Waals surface area contributed by atoms with Crippen LogP contribution in [0.2, 0.25) is 0 Å². The third kappa shape index (κ3) is 3.48. The van der Waals surface area contributed by atoms with Gasteiger partial charge in [-0.1, -0.05) is 12.1 Å². The summed E-state index contributed by atoms with van der Waals surface area (Å²) < 4.78 is 10.1. The molecule has 1 aliphatic rings. The van der Waals surface area contributed by atoms with Gasteiger partial charge in [0.05, 0.1) is 26.7 Å². The minimum atomic E-state index is -1.04. The highest BCUT2D eigenvalue weighted by Crippen LogP contribution is 2.13. The smallest absolute Gasteiger partial charge is 0.334 e. The van der Waals surface area contributed by atoms with Gasteiger partial charge in [0.1, 0.15) is 5.75 Å². The van der Waals surface area contributed by atoms with Gasteiger partial charge in [0.15, 0.2) is 6.10 Å². The van der Waals surface area contributed by atoms with Crippen LogP contribution in [0.1, 0.15) is 5.56 Å². The topological polar surface area (TPSA) is 76.1 Å². The average molecular weight is 279 g/mol. The van der Waals surface area contributed by atoms with Gasteiger partial charge in [0.2, 0.25) is 5.91 Å². The molecule has 1 heterocycles. The highest BCUT2D eigenvalue weighted by molar-refractivity contribution is 5.80. The van der Waals surface area contributed by atoms with E-state index in [4.69, 9.17) is 14.6 Å². The molecule has 1 aromatic carbocycles. The van der Waals surface area contributed by atoms with Gasteiger partial charge < -0.3 is 19.5 Å². The molecular formula is C14H17NO5. The first-order valence-electron chi connectivity index (χ1n) is 6.35. The summed E-state index contributed by atoms with van der Waals surface area (Å²) in [4.78, 5) is 24.5. The summed E-state index contributed by atoms with van der Waals surface area (Å²) in [7, 11) is 1.58. The van der Waals surface area contributed by atoms with Crippen LogP contribution in [0.4, 0.5) is 0 Å². The number of hydrogen-bond donors (Lipinski definition) is 1. The fraction of sp³-hybridized carbons (Fsp3) is 0.429. The van der Waals surface area contributed by atoms with Crippen LogP contribution < -0.4 is 4.74 Å². The van der Waals surface area contributed by atoms with E-state index in [9.17, 15) is 9.59 Å². The summed E-state index contributed by atoms with van der Waals surface area (Å²) in [5, 5.41) is 8.91. The van der Waals surface area contributed by atoms with Gasteiger partial charge in [-0.2, -0.15) is 0 Å². The van der Waals surface area contributed by atoms with Gasteiger partial charge in [0.25, 0.3) is 0 Å². The number of carboxylic acid groups (broad SMARTS) is 1. The molecule has 0 bridgehead atoms. The number of carboxylic acids is 1. The van der Waals surface area contributed by atoms with Crippen molar-refractivity contribution in [2.45, 2.75) is 12.5 Å². The van der Waals surface area contributed by atoms with Crippen LogP contribution in [0.25, 0.3) is 0 Å². The number of carbonyl (C=O) groups excluding carboxylic acids is 1. The van der Waals surface area contributed by atoms with Gasteiger partial charge >= 0.3 is 5.97 Å². The third-order valence-electron chi connectivity index (χ3n) is 3.21. The number of hydrogen-bond acceptors (Lipinski definition) is 4. The highest BCUT2D eigenvalue weighted by Gasteiger charge is 2.28. The molecule has 0 saturated carbocycles. The molecule has 0 radical (unpaired) electrons. The number of ether oxygens (including phenoxy) is 2. The Kier molecular flexibility index (Phi) is 4.57. The van der Waals surface area contributed by atoms with Crippen molar-refractivity contribution in [1.29, 1.82) is 0 Å². The molecule has 1 N–H and O–H groups in total. The van der Waals surface area contributed by atoms with Crippen LogP contribution in [-0.2, 0) is 20.7 Å². The monoisotopic (exact) mass is 279 g/mol. The maximum Gasteiger partial charge on any atom is 0.334 e. The third-order valence-corrected chi connectivity index (χ3v) is 3.21. The minimum Gasteiger partial charge on any atom is -0.497 e. The van der Waals surface area contributed by atoms with Gasteiger partial charge in [-0.05, 0) is 17.7 Å². The van der Waals surface area contributed by atoms with Crippen molar-refractivity contribution < 1.29 is 24.2 Å². The van der Waals surface area contributed by atoms with Crippen LogP contribution in [0, 0.1) is 0 Å². The van der Waals surface area contributed by atoms with E-state index in [-0.39, 0.29) is 25.5 Å². The zero-order valence-electron chi connectivity index (χ0n) is 11.2. The molecule has 0 spiro atoms. The summed E-state index contributed by atoms with van der Waals surface area (Å²) in [6.07, 6.45) is -0.681. The minimum absolute atomic E-state index is 0.0929. The molecule has 1 atom stereocenters. The maximum atomic E-state index is 12.1. The van der Waals surface area contributed by atoms with Crippen molar-refractivity contribution in [2.75, 3.05) is 26.8 Å². The van der Waals surface area contributed by atoms with E-state index in [2.05, 4.69) is 0 Å². The Labute approximate surface area is 116 Å². The summed E-state index contributed by atoms with van der Waals surface area (Å²) in [5.41, 5.74) is 0.870. The molecule has 0 unspecified atom stereocenters. The fourth-order valence-corrected chi connectivity index (χ4v) is 2.06. The van der Waals surface area contributed by atoms with Crippen LogP contribution in [0.5, 0.6) is 5.75 Å². The number of carbonyl (C=O) groups is 2. The van der Waals surface area contributed by atoms with Crippen molar-refractivity contribution in [3.8, 4) is 5.75 Å². The van der Waals surface area contributed by atoms with E-state index < -0.39 is 12.1 Å². The molecule has 1 saturated heterocycles. The molecule has 6 nitrogen and oxygen atoms in total. The quantitative estimate of drug-likeness (QED) is 0.871. The predicted molar refractivity (Wildman–Crippen MR) is 70.7 cm³/mol. The average Bonchev–Trinajstić information content (AvgIpc) is 2.48. The molecule has 0 aliphatic carbocycles. The lowest BCUT2D eigenvalue weighted by Crippen LogP contribution is -2.49. The molecule has 1 amide bonds. The molecule has 2 rings (SSSR count). The van der Waals surface area contributed by atoms with Gasteiger partial charge in [-0.25, -0.2) is 4.79 Å². The first kappa shape index (κ1) is 14.3. The van der Waals surface area contributed by atoms with Crippen LogP contribution in [-0.4, -0.2) is 54.8 Å². The zero-order valence-corrected chi connectivity index (χ0v) is 11.2. The molecule has 1 fully saturated rings. The molecule has 108 valence electrons. The number of amides is 1. The number of benzene rings is 1. The summed E-state index contributed by atoms with van der Waals surface area (Å²) in [6.45, 7) is 0.786. The van der Waals surface area contributed by atoms with Crippen molar-refractivity contribution >= 4 is 11.9 Å². The van der Waals surface area contributed by atoms with E-state index in [0.717, 1.165) is 11.3 Å². The Morgan fingerprint density at radius 1 is 1.40 bits per heavy atom. The fourth-order valence-electron chi connectivity index (χ4n) is 2.06. The van der Waals surface area contributed by atoms with Crippen molar-refractivity contribution in [3.63, 3.8) is 0 Å². The number of morpholine rings is 1. The Hall–Kier alpha value is -2.08. The van der Waals surface area contributed by atoms with Crippen LogP contribution in [0.3, 0.4) is 0 Å². The van der Waals surface area contributed by atoms with Gasteiger partial charge in [-0.3, -0.25) is 4.79 Å². The van der Waals surface area contributed by atoms with Crippen molar-refractivity contribution in [2.24, 2.45) is 0 Å². The summed E-state index contributed by atoms with van der Waals surface area (Å²) >= 11 is 0. The Bertz CT molecular complexity index is 485. The number of methoxy groups -OCH3 is 1. The first-order valence-corrected chi connectivity index (χ1v) is 6.35. The van der Waals surface area contributed by atoms with Crippen LogP contribution >= 0.6 is 0 Å². The summed E-state index contributed by atoms with van der Waals surface area (Å²) in [5.74, 6) is -0.393. The number of aliphatic carboxylic acids is 1. The lowest BCUT2D eigenvalue weighted by atomic mass is 10.1. The van der Waals surface area contributed by atoms with E-state index in [0.29, 0.717) is 6.54 Å². The number of nitrogens with zero attached hydrogens (tertiary/aromatic N) is 1. The summed E-state index contributed by atoms with van der Waals surface area (Å²) in [6, 6.07) is 7.24. The second kappa shape index (κ2) is 6.38. The van der Waals surface area contributed by atoms with Crippen LogP contribution in [0.15, 0.2) is 24.3 Å². The Morgan fingerprint density at radius 3 is 2.70 bits per heavy atom. The molecule has 20 heavy (non-hydrogen) atoms. The molecular weight excluding hydrogens is 262 g/mol. The predicted octanol–water partition coefficient (Wildman–Crippen LogP) is 0.550. The highest BCUT2D eigenvalue weighted by atomic mass is 16.5. The standard InChI is InChI=1S/C14H17NO5/c1-19-11-4-2-10(3-5-11)8-13(16)15-6-7-20-12(9-15)14(17)18/h2-5,12H,6-9H2,1H3,(H,17,18)/t12-/m0/s1. The molecule has 6 heteroatoms. The van der Waals surface area contributed by atoms with E-state index >= 15 is 0 Å².